The maximum Gasteiger partial charge on any atom is 0.138 e. The van der Waals surface area contributed by atoms with E-state index in [0.29, 0.717) is 0 Å². The molecule has 0 unspecified atom stereocenters. The average molecular weight is 151 g/mol. The molecule has 2 rings (SSSR count). The van der Waals surface area contributed by atoms with E-state index in [1.165, 1.54) is 4.68 Å². The molecule has 1 aromatic heterocycles. The second kappa shape index (κ2) is 2.47. The lowest BCUT2D eigenvalue weighted by atomic mass is 10.2. The van der Waals surface area contributed by atoms with Gasteiger partial charge in [0.1, 0.15) is 12.1 Å². The summed E-state index contributed by atoms with van der Waals surface area (Å²) >= 11 is 0. The summed E-state index contributed by atoms with van der Waals surface area (Å²) in [6.07, 6.45) is 6.12. The maximum absolute atomic E-state index is 8.81. The van der Waals surface area contributed by atoms with Crippen molar-refractivity contribution < 1.29 is 5.11 Å². The number of hydrogen-bond acceptors (Lipinski definition) is 3. The van der Waals surface area contributed by atoms with E-state index in [0.717, 1.165) is 23.5 Å². The lowest BCUT2D eigenvalue weighted by Gasteiger charge is -1.95. The van der Waals surface area contributed by atoms with E-state index in [-0.39, 0.29) is 6.73 Å². The summed E-state index contributed by atoms with van der Waals surface area (Å²) in [7, 11) is 0. The highest BCUT2D eigenvalue weighted by Crippen LogP contribution is 1.92. The van der Waals surface area contributed by atoms with Gasteiger partial charge in [-0.3, -0.25) is 0 Å². The van der Waals surface area contributed by atoms with Crippen LogP contribution in [0.15, 0.2) is 0 Å². The molecule has 1 aliphatic rings. The largest absolute Gasteiger partial charge is 0.374 e. The number of rotatable bonds is 1. The van der Waals surface area contributed by atoms with Crippen molar-refractivity contribution in [2.45, 2.75) is 19.6 Å². The fourth-order valence-corrected chi connectivity index (χ4v) is 1.23. The second-order valence-corrected chi connectivity index (χ2v) is 2.49. The van der Waals surface area contributed by atoms with Crippen LogP contribution in [0.25, 0.3) is 12.2 Å². The second-order valence-electron chi connectivity index (χ2n) is 2.49. The van der Waals surface area contributed by atoms with Crippen LogP contribution >= 0.6 is 0 Å². The van der Waals surface area contributed by atoms with Gasteiger partial charge in [-0.25, -0.2) is 4.68 Å². The van der Waals surface area contributed by atoms with E-state index in [1.54, 1.807) is 0 Å². The number of fused-ring (bicyclic) bond motifs is 1. The minimum atomic E-state index is -0.0906. The highest BCUT2D eigenvalue weighted by atomic mass is 16.3. The number of aliphatic hydroxyl groups excluding tert-OH is 1. The summed E-state index contributed by atoms with van der Waals surface area (Å²) in [5, 5.41) is 18.3. The molecule has 1 aliphatic carbocycles. The summed E-state index contributed by atoms with van der Waals surface area (Å²) in [5.74, 6) is 0. The molecule has 11 heavy (non-hydrogen) atoms. The third-order valence-electron chi connectivity index (χ3n) is 1.78. The molecule has 1 heterocycles. The van der Waals surface area contributed by atoms with Crippen LogP contribution < -0.4 is 10.7 Å². The topological polar surface area (TPSA) is 50.9 Å². The van der Waals surface area contributed by atoms with Gasteiger partial charge in [0, 0.05) is 0 Å². The van der Waals surface area contributed by atoms with E-state index < -0.39 is 0 Å². The van der Waals surface area contributed by atoms with Crippen molar-refractivity contribution in [2.24, 2.45) is 0 Å². The summed E-state index contributed by atoms with van der Waals surface area (Å²) in [5.41, 5.74) is 0. The molecule has 1 aromatic rings. The predicted octanol–water partition coefficient (Wildman–Crippen LogP) is -1.42. The first-order valence-electron chi connectivity index (χ1n) is 3.62. The zero-order valence-corrected chi connectivity index (χ0v) is 6.06. The molecule has 4 nitrogen and oxygen atoms in total. The minimum absolute atomic E-state index is 0.0906. The molecule has 0 saturated heterocycles. The van der Waals surface area contributed by atoms with Crippen molar-refractivity contribution in [2.75, 3.05) is 0 Å². The van der Waals surface area contributed by atoms with Gasteiger partial charge in [0.25, 0.3) is 0 Å². The number of aliphatic hydroxyl groups is 1. The molecule has 0 aromatic carbocycles. The zero-order chi connectivity index (χ0) is 7.68. The zero-order valence-electron chi connectivity index (χ0n) is 6.06. The van der Waals surface area contributed by atoms with Crippen LogP contribution in [0, 0.1) is 0 Å². The van der Waals surface area contributed by atoms with Gasteiger partial charge in [0.2, 0.25) is 0 Å². The van der Waals surface area contributed by atoms with Gasteiger partial charge in [-0.05, 0) is 12.8 Å². The molecule has 4 heteroatoms. The van der Waals surface area contributed by atoms with Gasteiger partial charge in [-0.15, -0.1) is 5.10 Å². The lowest BCUT2D eigenvalue weighted by Crippen LogP contribution is -2.31. The van der Waals surface area contributed by atoms with Crippen LogP contribution in [0.1, 0.15) is 12.8 Å². The molecule has 0 radical (unpaired) electrons. The Balaban J connectivity index is 2.73. The fraction of sp³-hybridized carbons (Fsp3) is 0.429. The summed E-state index contributed by atoms with van der Waals surface area (Å²) in [6.45, 7) is -0.0906. The van der Waals surface area contributed by atoms with E-state index in [4.69, 9.17) is 5.11 Å². The highest BCUT2D eigenvalue weighted by Gasteiger charge is 2.00. The van der Waals surface area contributed by atoms with E-state index >= 15 is 0 Å². The number of aromatic nitrogens is 3. The summed E-state index contributed by atoms with van der Waals surface area (Å²) in [4.78, 5) is 0. The van der Waals surface area contributed by atoms with Gasteiger partial charge in [-0.2, -0.15) is 0 Å². The van der Waals surface area contributed by atoms with Gasteiger partial charge in [0.15, 0.2) is 0 Å². The van der Waals surface area contributed by atoms with Crippen LogP contribution in [-0.2, 0) is 6.73 Å². The first-order valence-corrected chi connectivity index (χ1v) is 3.62. The summed E-state index contributed by atoms with van der Waals surface area (Å²) in [6, 6.07) is 0. The molecule has 0 saturated carbocycles. The SMILES string of the molecule is OCn1nnc2c1=CCCC=2. The fourth-order valence-electron chi connectivity index (χ4n) is 1.23. The Morgan fingerprint density at radius 1 is 1.45 bits per heavy atom. The highest BCUT2D eigenvalue weighted by molar-refractivity contribution is 5.32. The van der Waals surface area contributed by atoms with Crippen molar-refractivity contribution in [3.63, 3.8) is 0 Å². The lowest BCUT2D eigenvalue weighted by molar-refractivity contribution is 0.189. The van der Waals surface area contributed by atoms with Crippen LogP contribution in [0.4, 0.5) is 0 Å². The van der Waals surface area contributed by atoms with Crippen molar-refractivity contribution in [3.05, 3.63) is 10.7 Å². The van der Waals surface area contributed by atoms with Crippen LogP contribution in [0.3, 0.4) is 0 Å². The predicted molar refractivity (Wildman–Crippen MR) is 39.7 cm³/mol. The smallest absolute Gasteiger partial charge is 0.138 e. The minimum Gasteiger partial charge on any atom is -0.374 e. The monoisotopic (exact) mass is 151 g/mol. The van der Waals surface area contributed by atoms with E-state index in [2.05, 4.69) is 10.3 Å². The summed E-state index contributed by atoms with van der Waals surface area (Å²) < 4.78 is 1.49. The van der Waals surface area contributed by atoms with Gasteiger partial charge in [-0.1, -0.05) is 17.4 Å². The Hall–Kier alpha value is -1.16. The van der Waals surface area contributed by atoms with E-state index in [1.807, 2.05) is 12.2 Å². The Morgan fingerprint density at radius 3 is 3.09 bits per heavy atom. The average Bonchev–Trinajstić information content (AvgIpc) is 2.47. The van der Waals surface area contributed by atoms with Crippen molar-refractivity contribution in [3.8, 4) is 0 Å². The van der Waals surface area contributed by atoms with E-state index in [9.17, 15) is 0 Å². The molecule has 0 atom stereocenters. The van der Waals surface area contributed by atoms with Crippen molar-refractivity contribution in [1.29, 1.82) is 0 Å². The van der Waals surface area contributed by atoms with Gasteiger partial charge < -0.3 is 5.11 Å². The Labute approximate surface area is 63.5 Å². The Morgan fingerprint density at radius 2 is 2.27 bits per heavy atom. The molecule has 0 bridgehead atoms. The molecular formula is C7H9N3O. The molecular weight excluding hydrogens is 142 g/mol. The molecule has 0 spiro atoms. The molecule has 0 amide bonds. The first-order chi connectivity index (χ1) is 5.42. The normalized spacial score (nSPS) is 15.0. The number of nitrogens with zero attached hydrogens (tertiary/aromatic N) is 3. The van der Waals surface area contributed by atoms with Crippen LogP contribution in [-0.4, -0.2) is 20.1 Å². The molecule has 0 aliphatic heterocycles. The first kappa shape index (κ1) is 6.54. The van der Waals surface area contributed by atoms with Crippen LogP contribution in [0.5, 0.6) is 0 Å². The molecule has 1 N–H and O–H groups in total. The van der Waals surface area contributed by atoms with Gasteiger partial charge in [0.05, 0.1) is 5.35 Å². The number of hydrogen-bond donors (Lipinski definition) is 1. The van der Waals surface area contributed by atoms with Crippen molar-refractivity contribution >= 4 is 12.2 Å². The van der Waals surface area contributed by atoms with Gasteiger partial charge >= 0.3 is 0 Å². The Kier molecular flexibility index (Phi) is 1.47. The standard InChI is InChI=1S/C7H9N3O/c11-5-10-7-4-2-1-3-6(7)8-9-10/h3-4,11H,1-2,5H2. The maximum atomic E-state index is 8.81. The Bertz CT molecular complexity index is 366. The third-order valence-corrected chi connectivity index (χ3v) is 1.78. The molecule has 58 valence electrons. The quantitative estimate of drug-likeness (QED) is 0.536. The van der Waals surface area contributed by atoms with Crippen LogP contribution in [0.2, 0.25) is 0 Å². The third kappa shape index (κ3) is 0.952. The van der Waals surface area contributed by atoms with Crippen molar-refractivity contribution in [1.82, 2.24) is 15.0 Å². The molecule has 0 fully saturated rings.